The van der Waals surface area contributed by atoms with Gasteiger partial charge in [-0.1, -0.05) is 6.07 Å². The second-order valence-electron chi connectivity index (χ2n) is 6.26. The number of carbonyl (C=O) groups excluding carboxylic acids is 2. The van der Waals surface area contributed by atoms with Crippen LogP contribution in [0.3, 0.4) is 0 Å². The minimum Gasteiger partial charge on any atom is -0.398 e. The fraction of sp³-hybridized carbons (Fsp3) is 0.500. The second kappa shape index (κ2) is 4.56. The summed E-state index contributed by atoms with van der Waals surface area (Å²) in [6.07, 6.45) is 4.20. The van der Waals surface area contributed by atoms with Crippen molar-refractivity contribution in [2.24, 2.45) is 0 Å². The Hall–Kier alpha value is -1.88. The lowest BCUT2D eigenvalue weighted by Crippen LogP contribution is -2.49. The molecule has 0 spiro atoms. The Morgan fingerprint density at radius 3 is 2.71 bits per heavy atom. The minimum absolute atomic E-state index is 0.0242. The molecule has 1 aromatic rings. The number of nitrogens with two attached hydrogens (primary N) is 1. The summed E-state index contributed by atoms with van der Waals surface area (Å²) < 4.78 is 0. The van der Waals surface area contributed by atoms with E-state index in [9.17, 15) is 9.59 Å². The summed E-state index contributed by atoms with van der Waals surface area (Å²) in [5.74, 6) is -0.372. The first-order chi connectivity index (χ1) is 10.2. The number of nitrogen functional groups attached to an aromatic ring is 1. The predicted octanol–water partition coefficient (Wildman–Crippen LogP) is 1.49. The smallest absolute Gasteiger partial charge is 0.263 e. The lowest BCUT2D eigenvalue weighted by molar-refractivity contribution is 0.0467. The number of imide groups is 1. The zero-order valence-corrected chi connectivity index (χ0v) is 11.9. The molecule has 5 nitrogen and oxygen atoms in total. The molecule has 2 saturated heterocycles. The van der Waals surface area contributed by atoms with Crippen LogP contribution >= 0.6 is 0 Å². The average Bonchev–Trinajstić information content (AvgIpc) is 3.03. The van der Waals surface area contributed by atoms with Crippen molar-refractivity contribution in [2.75, 3.05) is 18.8 Å². The van der Waals surface area contributed by atoms with Crippen molar-refractivity contribution >= 4 is 17.5 Å². The second-order valence-corrected chi connectivity index (χ2v) is 6.26. The van der Waals surface area contributed by atoms with Gasteiger partial charge in [-0.3, -0.25) is 14.5 Å². The maximum Gasteiger partial charge on any atom is 0.263 e. The summed E-state index contributed by atoms with van der Waals surface area (Å²) in [6, 6.07) is 5.69. The van der Waals surface area contributed by atoms with Crippen LogP contribution in [0.15, 0.2) is 18.2 Å². The van der Waals surface area contributed by atoms with Gasteiger partial charge >= 0.3 is 0 Å². The van der Waals surface area contributed by atoms with Crippen LogP contribution in [0.5, 0.6) is 0 Å². The van der Waals surface area contributed by atoms with Crippen molar-refractivity contribution in [3.63, 3.8) is 0 Å². The van der Waals surface area contributed by atoms with Crippen molar-refractivity contribution in [1.29, 1.82) is 0 Å². The van der Waals surface area contributed by atoms with Gasteiger partial charge in [0.1, 0.15) is 0 Å². The lowest BCUT2D eigenvalue weighted by Gasteiger charge is -2.38. The molecule has 110 valence electrons. The van der Waals surface area contributed by atoms with Crippen LogP contribution < -0.4 is 5.73 Å². The van der Waals surface area contributed by atoms with E-state index < -0.39 is 0 Å². The highest BCUT2D eigenvalue weighted by molar-refractivity contribution is 6.23. The zero-order valence-electron chi connectivity index (χ0n) is 11.9. The van der Waals surface area contributed by atoms with Crippen molar-refractivity contribution < 1.29 is 9.59 Å². The van der Waals surface area contributed by atoms with Gasteiger partial charge in [0, 0.05) is 24.3 Å². The molecule has 3 heterocycles. The van der Waals surface area contributed by atoms with Crippen LogP contribution in [-0.2, 0) is 0 Å². The molecule has 1 aromatic carbocycles. The summed E-state index contributed by atoms with van der Waals surface area (Å²) in [4.78, 5) is 29.2. The fourth-order valence-electron chi connectivity index (χ4n) is 4.10. The molecule has 2 N–H and O–H groups in total. The van der Waals surface area contributed by atoms with E-state index in [4.69, 9.17) is 5.73 Å². The Kier molecular flexibility index (Phi) is 2.79. The summed E-state index contributed by atoms with van der Waals surface area (Å²) in [7, 11) is 0. The Bertz CT molecular complexity index is 628. The number of amides is 2. The van der Waals surface area contributed by atoms with Crippen LogP contribution in [0.4, 0.5) is 5.69 Å². The molecule has 2 fully saturated rings. The molecule has 3 aliphatic heterocycles. The van der Waals surface area contributed by atoms with Gasteiger partial charge in [0.15, 0.2) is 0 Å². The topological polar surface area (TPSA) is 66.6 Å². The van der Waals surface area contributed by atoms with Gasteiger partial charge in [0.05, 0.1) is 11.1 Å². The number of hydrogen-bond acceptors (Lipinski definition) is 4. The number of fused-ring (bicyclic) bond motifs is 2. The minimum atomic E-state index is -0.204. The number of nitrogens with zero attached hydrogens (tertiary/aromatic N) is 2. The zero-order chi connectivity index (χ0) is 14.6. The van der Waals surface area contributed by atoms with Crippen LogP contribution in [0.1, 0.15) is 46.4 Å². The van der Waals surface area contributed by atoms with E-state index in [1.54, 1.807) is 18.2 Å². The molecule has 2 atom stereocenters. The van der Waals surface area contributed by atoms with Gasteiger partial charge in [0.2, 0.25) is 0 Å². The molecule has 0 aromatic heterocycles. The molecular weight excluding hydrogens is 266 g/mol. The highest BCUT2D eigenvalue weighted by atomic mass is 16.2. The quantitative estimate of drug-likeness (QED) is 0.627. The Morgan fingerprint density at radius 2 is 1.90 bits per heavy atom. The van der Waals surface area contributed by atoms with E-state index >= 15 is 0 Å². The standard InChI is InChI=1S/C16H19N3O2/c17-13-5-1-4-12-14(13)16(21)19(15(12)20)11-6-8-18-7-2-3-10(18)9-11/h1,4-5,10-11H,2-3,6-9,17H2. The molecule has 2 amide bonds. The van der Waals surface area contributed by atoms with Crippen LogP contribution in [-0.4, -0.2) is 46.8 Å². The molecule has 3 aliphatic rings. The first-order valence-corrected chi connectivity index (χ1v) is 7.67. The number of anilines is 1. The molecule has 5 heteroatoms. The highest BCUT2D eigenvalue weighted by Crippen LogP contribution is 2.35. The van der Waals surface area contributed by atoms with E-state index in [1.807, 2.05) is 0 Å². The van der Waals surface area contributed by atoms with Gasteiger partial charge in [-0.2, -0.15) is 0 Å². The Balaban J connectivity index is 1.64. The molecule has 0 bridgehead atoms. The predicted molar refractivity (Wildman–Crippen MR) is 79.0 cm³/mol. The van der Waals surface area contributed by atoms with Crippen molar-refractivity contribution in [2.45, 2.75) is 37.8 Å². The van der Waals surface area contributed by atoms with Crippen molar-refractivity contribution in [3.8, 4) is 0 Å². The number of benzene rings is 1. The summed E-state index contributed by atoms with van der Waals surface area (Å²) in [5.41, 5.74) is 7.17. The molecule has 21 heavy (non-hydrogen) atoms. The van der Waals surface area contributed by atoms with Gasteiger partial charge < -0.3 is 10.6 Å². The maximum absolute atomic E-state index is 12.6. The maximum atomic E-state index is 12.6. The number of piperidine rings is 1. The first-order valence-electron chi connectivity index (χ1n) is 7.67. The first kappa shape index (κ1) is 12.8. The molecule has 2 unspecified atom stereocenters. The van der Waals surface area contributed by atoms with Crippen LogP contribution in [0.2, 0.25) is 0 Å². The normalized spacial score (nSPS) is 28.9. The van der Waals surface area contributed by atoms with E-state index in [-0.39, 0.29) is 17.9 Å². The highest BCUT2D eigenvalue weighted by Gasteiger charge is 2.44. The Morgan fingerprint density at radius 1 is 1.05 bits per heavy atom. The van der Waals surface area contributed by atoms with Gasteiger partial charge in [-0.05, 0) is 44.4 Å². The third-order valence-electron chi connectivity index (χ3n) is 5.14. The summed E-state index contributed by atoms with van der Waals surface area (Å²) in [6.45, 7) is 2.14. The van der Waals surface area contributed by atoms with Gasteiger partial charge in [-0.15, -0.1) is 0 Å². The SMILES string of the molecule is Nc1cccc2c1C(=O)N(C1CCN3CCCC3C1)C2=O. The summed E-state index contributed by atoms with van der Waals surface area (Å²) in [5, 5.41) is 0. The molecule has 0 radical (unpaired) electrons. The van der Waals surface area contributed by atoms with E-state index in [0.29, 0.717) is 22.9 Å². The Labute approximate surface area is 123 Å². The van der Waals surface area contributed by atoms with Gasteiger partial charge in [0.25, 0.3) is 11.8 Å². The van der Waals surface area contributed by atoms with E-state index in [2.05, 4.69) is 4.90 Å². The lowest BCUT2D eigenvalue weighted by atomic mass is 9.96. The van der Waals surface area contributed by atoms with Crippen molar-refractivity contribution in [1.82, 2.24) is 9.80 Å². The molecule has 0 aliphatic carbocycles. The third kappa shape index (κ3) is 1.80. The third-order valence-corrected chi connectivity index (χ3v) is 5.14. The molecule has 0 saturated carbocycles. The van der Waals surface area contributed by atoms with Gasteiger partial charge in [-0.25, -0.2) is 0 Å². The number of hydrogen-bond donors (Lipinski definition) is 1. The van der Waals surface area contributed by atoms with E-state index in [1.165, 1.54) is 17.7 Å². The number of rotatable bonds is 1. The molecule has 4 rings (SSSR count). The molecular formula is C16H19N3O2. The van der Waals surface area contributed by atoms with Crippen molar-refractivity contribution in [3.05, 3.63) is 29.3 Å². The van der Waals surface area contributed by atoms with Crippen LogP contribution in [0, 0.1) is 0 Å². The fourth-order valence-corrected chi connectivity index (χ4v) is 4.10. The summed E-state index contributed by atoms with van der Waals surface area (Å²) >= 11 is 0. The number of carbonyl (C=O) groups is 2. The monoisotopic (exact) mass is 285 g/mol. The van der Waals surface area contributed by atoms with E-state index in [0.717, 1.165) is 25.9 Å². The largest absolute Gasteiger partial charge is 0.398 e. The average molecular weight is 285 g/mol. The van der Waals surface area contributed by atoms with Crippen LogP contribution in [0.25, 0.3) is 0 Å².